The minimum Gasteiger partial charge on any atom is -0.507 e. The highest BCUT2D eigenvalue weighted by Crippen LogP contribution is 2.35. The van der Waals surface area contributed by atoms with Crippen LogP contribution in [0, 0.1) is 0 Å². The fourth-order valence-corrected chi connectivity index (χ4v) is 3.25. The van der Waals surface area contributed by atoms with Crippen molar-refractivity contribution in [3.05, 3.63) is 48.0 Å². The number of hydrogen-bond acceptors (Lipinski definition) is 5. The van der Waals surface area contributed by atoms with Crippen LogP contribution >= 0.6 is 11.8 Å². The number of carbonyl (C=O) groups excluding carboxylic acids is 1. The van der Waals surface area contributed by atoms with Crippen molar-refractivity contribution in [3.8, 4) is 17.2 Å². The van der Waals surface area contributed by atoms with Crippen LogP contribution in [0.15, 0.2) is 47.4 Å². The van der Waals surface area contributed by atoms with E-state index >= 15 is 0 Å². The van der Waals surface area contributed by atoms with Gasteiger partial charge in [0.1, 0.15) is 17.2 Å². The molecule has 6 heteroatoms. The zero-order chi connectivity index (χ0) is 16.2. The standard InChI is InChI=1S/C17H17NO4S/c1-21-12-7-6-11(13(19)8-12)9-18-17(20)15-10-23-16-5-3-2-4-14(16)22-15/h2-8,15,19H,9-10H2,1H3,(H,18,20)/t15-/m1/s1. The van der Waals surface area contributed by atoms with E-state index in [1.165, 1.54) is 13.2 Å². The molecule has 0 spiro atoms. The average molecular weight is 331 g/mol. The SMILES string of the molecule is COc1ccc(CNC(=O)[C@H]2CSc3ccccc3O2)c(O)c1. The summed E-state index contributed by atoms with van der Waals surface area (Å²) in [7, 11) is 1.53. The molecule has 1 aliphatic rings. The number of methoxy groups -OCH3 is 1. The summed E-state index contributed by atoms with van der Waals surface area (Å²) in [6.45, 7) is 0.237. The summed E-state index contributed by atoms with van der Waals surface area (Å²) in [6, 6.07) is 12.6. The van der Waals surface area contributed by atoms with Crippen LogP contribution in [-0.2, 0) is 11.3 Å². The van der Waals surface area contributed by atoms with E-state index in [4.69, 9.17) is 9.47 Å². The van der Waals surface area contributed by atoms with Crippen LogP contribution in [-0.4, -0.2) is 30.0 Å². The Morgan fingerprint density at radius 1 is 1.39 bits per heavy atom. The highest BCUT2D eigenvalue weighted by atomic mass is 32.2. The molecule has 0 saturated heterocycles. The van der Waals surface area contributed by atoms with E-state index in [9.17, 15) is 9.90 Å². The Balaban J connectivity index is 1.60. The monoisotopic (exact) mass is 331 g/mol. The maximum absolute atomic E-state index is 12.3. The third-order valence-corrected chi connectivity index (χ3v) is 4.66. The molecule has 0 radical (unpaired) electrons. The van der Waals surface area contributed by atoms with E-state index in [-0.39, 0.29) is 18.2 Å². The van der Waals surface area contributed by atoms with Gasteiger partial charge in [0.15, 0.2) is 6.10 Å². The molecule has 1 atom stereocenters. The van der Waals surface area contributed by atoms with Gasteiger partial charge in [-0.1, -0.05) is 12.1 Å². The van der Waals surface area contributed by atoms with Gasteiger partial charge in [-0.3, -0.25) is 4.79 Å². The number of ether oxygens (including phenoxy) is 2. The third-order valence-electron chi connectivity index (χ3n) is 3.55. The van der Waals surface area contributed by atoms with Crippen LogP contribution in [0.25, 0.3) is 0 Å². The van der Waals surface area contributed by atoms with E-state index in [0.717, 1.165) is 10.6 Å². The topological polar surface area (TPSA) is 67.8 Å². The quantitative estimate of drug-likeness (QED) is 0.901. The van der Waals surface area contributed by atoms with Crippen molar-refractivity contribution in [1.82, 2.24) is 5.32 Å². The Hall–Kier alpha value is -2.34. The first kappa shape index (κ1) is 15.6. The van der Waals surface area contributed by atoms with Crippen molar-refractivity contribution < 1.29 is 19.4 Å². The first-order valence-electron chi connectivity index (χ1n) is 7.19. The Kier molecular flexibility index (Phi) is 4.62. The summed E-state index contributed by atoms with van der Waals surface area (Å²) < 4.78 is 10.8. The predicted molar refractivity (Wildman–Crippen MR) is 88.1 cm³/mol. The molecule has 23 heavy (non-hydrogen) atoms. The molecule has 2 aromatic rings. The predicted octanol–water partition coefficient (Wildman–Crippen LogP) is 2.57. The maximum atomic E-state index is 12.3. The number of nitrogens with one attached hydrogen (secondary N) is 1. The summed E-state index contributed by atoms with van der Waals surface area (Å²) in [4.78, 5) is 13.3. The van der Waals surface area contributed by atoms with Crippen molar-refractivity contribution in [2.45, 2.75) is 17.5 Å². The normalized spacial score (nSPS) is 16.1. The fourth-order valence-electron chi connectivity index (χ4n) is 2.27. The fraction of sp³-hybridized carbons (Fsp3) is 0.235. The lowest BCUT2D eigenvalue weighted by atomic mass is 10.2. The van der Waals surface area contributed by atoms with Crippen molar-refractivity contribution in [2.24, 2.45) is 0 Å². The molecular formula is C17H17NO4S. The van der Waals surface area contributed by atoms with Crippen molar-refractivity contribution in [1.29, 1.82) is 0 Å². The molecule has 0 unspecified atom stereocenters. The summed E-state index contributed by atoms with van der Waals surface area (Å²) in [6.07, 6.45) is -0.532. The van der Waals surface area contributed by atoms with Crippen molar-refractivity contribution in [3.63, 3.8) is 0 Å². The molecule has 0 saturated carbocycles. The molecule has 0 fully saturated rings. The molecule has 120 valence electrons. The molecule has 3 rings (SSSR count). The van der Waals surface area contributed by atoms with Gasteiger partial charge >= 0.3 is 0 Å². The molecule has 0 aliphatic carbocycles. The highest BCUT2D eigenvalue weighted by Gasteiger charge is 2.26. The molecule has 0 aromatic heterocycles. The lowest BCUT2D eigenvalue weighted by Gasteiger charge is -2.24. The van der Waals surface area contributed by atoms with Gasteiger partial charge in [-0.05, 0) is 24.3 Å². The molecular weight excluding hydrogens is 314 g/mol. The molecule has 2 aromatic carbocycles. The highest BCUT2D eigenvalue weighted by molar-refractivity contribution is 7.99. The van der Waals surface area contributed by atoms with Crippen LogP contribution in [0.1, 0.15) is 5.56 Å². The lowest BCUT2D eigenvalue weighted by Crippen LogP contribution is -2.41. The largest absolute Gasteiger partial charge is 0.507 e. The first-order valence-corrected chi connectivity index (χ1v) is 8.18. The molecule has 1 amide bonds. The van der Waals surface area contributed by atoms with Crippen LogP contribution in [0.5, 0.6) is 17.2 Å². The van der Waals surface area contributed by atoms with Gasteiger partial charge in [0, 0.05) is 28.8 Å². The molecule has 0 bridgehead atoms. The first-order chi connectivity index (χ1) is 11.2. The van der Waals surface area contributed by atoms with E-state index in [0.29, 0.717) is 17.1 Å². The summed E-state index contributed by atoms with van der Waals surface area (Å²) in [5.74, 6) is 1.77. The zero-order valence-electron chi connectivity index (χ0n) is 12.6. The minimum absolute atomic E-state index is 0.0916. The van der Waals surface area contributed by atoms with Crippen molar-refractivity contribution >= 4 is 17.7 Å². The number of hydrogen-bond donors (Lipinski definition) is 2. The number of thioether (sulfide) groups is 1. The molecule has 2 N–H and O–H groups in total. The number of aromatic hydroxyl groups is 1. The number of fused-ring (bicyclic) bond motifs is 1. The Morgan fingerprint density at radius 2 is 2.22 bits per heavy atom. The number of benzene rings is 2. The molecule has 1 heterocycles. The van der Waals surface area contributed by atoms with Crippen LogP contribution in [0.2, 0.25) is 0 Å². The van der Waals surface area contributed by atoms with Gasteiger partial charge in [-0.25, -0.2) is 0 Å². The van der Waals surface area contributed by atoms with Crippen LogP contribution in [0.4, 0.5) is 0 Å². The number of para-hydroxylation sites is 1. The second-order valence-electron chi connectivity index (χ2n) is 5.08. The van der Waals surface area contributed by atoms with Gasteiger partial charge in [0.25, 0.3) is 5.91 Å². The van der Waals surface area contributed by atoms with Gasteiger partial charge in [-0.2, -0.15) is 0 Å². The summed E-state index contributed by atoms with van der Waals surface area (Å²) >= 11 is 1.60. The Morgan fingerprint density at radius 3 is 3.00 bits per heavy atom. The van der Waals surface area contributed by atoms with Gasteiger partial charge in [0.2, 0.25) is 0 Å². The van der Waals surface area contributed by atoms with Gasteiger partial charge in [-0.15, -0.1) is 11.8 Å². The lowest BCUT2D eigenvalue weighted by molar-refractivity contribution is -0.127. The van der Waals surface area contributed by atoms with E-state index < -0.39 is 6.10 Å². The van der Waals surface area contributed by atoms with Crippen molar-refractivity contribution in [2.75, 3.05) is 12.9 Å². The number of rotatable bonds is 4. The average Bonchev–Trinajstić information content (AvgIpc) is 2.59. The number of phenols is 1. The smallest absolute Gasteiger partial charge is 0.262 e. The second kappa shape index (κ2) is 6.83. The molecule has 5 nitrogen and oxygen atoms in total. The van der Waals surface area contributed by atoms with Gasteiger partial charge < -0.3 is 19.9 Å². The van der Waals surface area contributed by atoms with Crippen LogP contribution in [0.3, 0.4) is 0 Å². The summed E-state index contributed by atoms with van der Waals surface area (Å²) in [5, 5.41) is 12.7. The van der Waals surface area contributed by atoms with E-state index in [2.05, 4.69) is 5.32 Å². The number of amides is 1. The second-order valence-corrected chi connectivity index (χ2v) is 6.14. The van der Waals surface area contributed by atoms with E-state index in [1.54, 1.807) is 23.9 Å². The number of phenolic OH excluding ortho intramolecular Hbond substituents is 1. The minimum atomic E-state index is -0.532. The number of carbonyl (C=O) groups is 1. The third kappa shape index (κ3) is 3.53. The summed E-state index contributed by atoms with van der Waals surface area (Å²) in [5.41, 5.74) is 0.628. The Labute approximate surface area is 138 Å². The maximum Gasteiger partial charge on any atom is 0.262 e. The van der Waals surface area contributed by atoms with E-state index in [1.807, 2.05) is 24.3 Å². The van der Waals surface area contributed by atoms with Gasteiger partial charge in [0.05, 0.1) is 7.11 Å². The molecule has 1 aliphatic heterocycles. The zero-order valence-corrected chi connectivity index (χ0v) is 13.4. The van der Waals surface area contributed by atoms with Crippen LogP contribution < -0.4 is 14.8 Å². The Bertz CT molecular complexity index is 719.